The van der Waals surface area contributed by atoms with Crippen LogP contribution in [0.15, 0.2) is 48.6 Å². The number of hydrogen-bond acceptors (Lipinski definition) is 5. The van der Waals surface area contributed by atoms with Gasteiger partial charge in [0.1, 0.15) is 0 Å². The van der Waals surface area contributed by atoms with Gasteiger partial charge in [-0.25, -0.2) is 0 Å². The van der Waals surface area contributed by atoms with Gasteiger partial charge in [0, 0.05) is 12.8 Å². The molecule has 6 heteroatoms. The SMILES string of the molecule is CCC(O)/C=C/C(O)C1CC(O)C(C/C=C\C/C=C\C/C=C\CCC(=O)O)O1. The normalized spacial score (nSPS) is 25.5. The smallest absolute Gasteiger partial charge is 0.303 e. The zero-order chi connectivity index (χ0) is 20.8. The van der Waals surface area contributed by atoms with Gasteiger partial charge in [0.2, 0.25) is 0 Å². The monoisotopic (exact) mass is 394 g/mol. The van der Waals surface area contributed by atoms with Crippen LogP contribution < -0.4 is 0 Å². The molecule has 0 spiro atoms. The fourth-order valence-electron chi connectivity index (χ4n) is 2.79. The summed E-state index contributed by atoms with van der Waals surface area (Å²) in [5.41, 5.74) is 0. The Balaban J connectivity index is 2.23. The molecule has 6 nitrogen and oxygen atoms in total. The zero-order valence-corrected chi connectivity index (χ0v) is 16.6. The standard InChI is InChI=1S/C22H34O6/c1-2-17(23)14-15-18(24)21-16-19(25)20(28-21)12-10-8-6-4-3-5-7-9-11-13-22(26)27/h3-4,7-10,14-15,17-21,23-25H,2,5-6,11-13,16H2,1H3,(H,26,27)/b4-3-,9-7-,10-8-,15-14+. The summed E-state index contributed by atoms with van der Waals surface area (Å²) in [5.74, 6) is -0.783. The van der Waals surface area contributed by atoms with Crippen molar-refractivity contribution in [1.29, 1.82) is 0 Å². The molecule has 5 unspecified atom stereocenters. The minimum Gasteiger partial charge on any atom is -0.481 e. The molecule has 0 amide bonds. The molecule has 1 aliphatic rings. The van der Waals surface area contributed by atoms with E-state index in [2.05, 4.69) is 0 Å². The number of aliphatic hydroxyl groups is 3. The van der Waals surface area contributed by atoms with Crippen LogP contribution in [-0.4, -0.2) is 56.9 Å². The van der Waals surface area contributed by atoms with E-state index in [1.807, 2.05) is 43.4 Å². The summed E-state index contributed by atoms with van der Waals surface area (Å²) >= 11 is 0. The van der Waals surface area contributed by atoms with Gasteiger partial charge in [-0.3, -0.25) is 4.79 Å². The minimum absolute atomic E-state index is 0.160. The van der Waals surface area contributed by atoms with Crippen molar-refractivity contribution in [2.75, 3.05) is 0 Å². The van der Waals surface area contributed by atoms with Crippen molar-refractivity contribution in [2.45, 2.75) is 82.4 Å². The number of carbonyl (C=O) groups is 1. The van der Waals surface area contributed by atoms with Crippen molar-refractivity contribution in [1.82, 2.24) is 0 Å². The van der Waals surface area contributed by atoms with Gasteiger partial charge in [0.15, 0.2) is 0 Å². The van der Waals surface area contributed by atoms with Gasteiger partial charge in [-0.1, -0.05) is 55.5 Å². The highest BCUT2D eigenvalue weighted by Gasteiger charge is 2.36. The quantitative estimate of drug-likeness (QED) is 0.358. The molecule has 1 fully saturated rings. The Labute approximate surface area is 167 Å². The number of ether oxygens (including phenoxy) is 1. The topological polar surface area (TPSA) is 107 Å². The van der Waals surface area contributed by atoms with Crippen LogP contribution in [-0.2, 0) is 9.53 Å². The first-order valence-electron chi connectivity index (χ1n) is 9.98. The maximum Gasteiger partial charge on any atom is 0.303 e. The van der Waals surface area contributed by atoms with Crippen molar-refractivity contribution in [3.63, 3.8) is 0 Å². The largest absolute Gasteiger partial charge is 0.481 e. The Bertz CT molecular complexity index is 551. The van der Waals surface area contributed by atoms with Crippen molar-refractivity contribution in [3.8, 4) is 0 Å². The second-order valence-corrected chi connectivity index (χ2v) is 6.92. The van der Waals surface area contributed by atoms with Crippen LogP contribution in [0.5, 0.6) is 0 Å². The molecule has 4 N–H and O–H groups in total. The van der Waals surface area contributed by atoms with Gasteiger partial charge >= 0.3 is 5.97 Å². The third-order valence-electron chi connectivity index (χ3n) is 4.52. The van der Waals surface area contributed by atoms with Crippen LogP contribution in [0, 0.1) is 0 Å². The Hall–Kier alpha value is -1.73. The van der Waals surface area contributed by atoms with Crippen LogP contribution in [0.2, 0.25) is 0 Å². The molecule has 1 saturated heterocycles. The highest BCUT2D eigenvalue weighted by molar-refractivity contribution is 5.66. The highest BCUT2D eigenvalue weighted by atomic mass is 16.5. The first kappa shape index (κ1) is 24.3. The molecule has 28 heavy (non-hydrogen) atoms. The summed E-state index contributed by atoms with van der Waals surface area (Å²) in [6.45, 7) is 1.86. The van der Waals surface area contributed by atoms with E-state index >= 15 is 0 Å². The fraction of sp³-hybridized carbons (Fsp3) is 0.591. The maximum atomic E-state index is 10.4. The predicted octanol–water partition coefficient (Wildman–Crippen LogP) is 2.90. The number of rotatable bonds is 13. The van der Waals surface area contributed by atoms with Crippen LogP contribution in [0.1, 0.15) is 51.9 Å². The van der Waals surface area contributed by atoms with Gasteiger partial charge in [-0.05, 0) is 32.1 Å². The molecule has 158 valence electrons. The summed E-state index contributed by atoms with van der Waals surface area (Å²) in [7, 11) is 0. The number of allylic oxidation sites excluding steroid dienone is 5. The zero-order valence-electron chi connectivity index (χ0n) is 16.6. The molecular weight excluding hydrogens is 360 g/mol. The Morgan fingerprint density at radius 3 is 2.36 bits per heavy atom. The predicted molar refractivity (Wildman–Crippen MR) is 109 cm³/mol. The van der Waals surface area contributed by atoms with E-state index < -0.39 is 30.4 Å². The lowest BCUT2D eigenvalue weighted by molar-refractivity contribution is -0.136. The van der Waals surface area contributed by atoms with Crippen LogP contribution >= 0.6 is 0 Å². The second-order valence-electron chi connectivity index (χ2n) is 6.92. The Kier molecular flexibility index (Phi) is 12.4. The minimum atomic E-state index is -0.837. The van der Waals surface area contributed by atoms with Gasteiger partial charge in [-0.15, -0.1) is 0 Å². The number of carboxylic acid groups (broad SMARTS) is 1. The lowest BCUT2D eigenvalue weighted by Gasteiger charge is -2.16. The molecule has 1 heterocycles. The molecular formula is C22H34O6. The number of carboxylic acids is 1. The van der Waals surface area contributed by atoms with Crippen molar-refractivity contribution < 1.29 is 30.0 Å². The molecule has 0 aliphatic carbocycles. The summed E-state index contributed by atoms with van der Waals surface area (Å²) < 4.78 is 5.75. The van der Waals surface area contributed by atoms with Crippen LogP contribution in [0.4, 0.5) is 0 Å². The van der Waals surface area contributed by atoms with Gasteiger partial charge in [0.05, 0.1) is 30.5 Å². The van der Waals surface area contributed by atoms with E-state index in [1.54, 1.807) is 6.08 Å². The molecule has 5 atom stereocenters. The maximum absolute atomic E-state index is 10.4. The number of hydrogen-bond donors (Lipinski definition) is 4. The molecule has 1 rings (SSSR count). The summed E-state index contributed by atoms with van der Waals surface area (Å²) in [6, 6.07) is 0. The molecule has 0 saturated carbocycles. The lowest BCUT2D eigenvalue weighted by Crippen LogP contribution is -2.24. The van der Waals surface area contributed by atoms with Gasteiger partial charge < -0.3 is 25.2 Å². The Morgan fingerprint density at radius 1 is 1.07 bits per heavy atom. The van der Waals surface area contributed by atoms with E-state index in [4.69, 9.17) is 9.84 Å². The summed E-state index contributed by atoms with van der Waals surface area (Å²) in [4.78, 5) is 10.4. The van der Waals surface area contributed by atoms with Crippen molar-refractivity contribution in [3.05, 3.63) is 48.6 Å². The van der Waals surface area contributed by atoms with E-state index in [1.165, 1.54) is 6.08 Å². The molecule has 0 bridgehead atoms. The van der Waals surface area contributed by atoms with Gasteiger partial charge in [0.25, 0.3) is 0 Å². The molecule has 0 aromatic rings. The summed E-state index contributed by atoms with van der Waals surface area (Å²) in [5, 5.41) is 38.2. The molecule has 0 radical (unpaired) electrons. The highest BCUT2D eigenvalue weighted by Crippen LogP contribution is 2.26. The number of aliphatic carboxylic acids is 1. The first-order chi connectivity index (χ1) is 13.4. The average Bonchev–Trinajstić information content (AvgIpc) is 3.04. The molecule has 0 aromatic carbocycles. The molecule has 0 aromatic heterocycles. The summed E-state index contributed by atoms with van der Waals surface area (Å²) in [6.07, 6.45) is 15.9. The second kappa shape index (κ2) is 14.3. The van der Waals surface area contributed by atoms with E-state index in [0.717, 1.165) is 12.8 Å². The van der Waals surface area contributed by atoms with Crippen LogP contribution in [0.3, 0.4) is 0 Å². The van der Waals surface area contributed by atoms with Crippen LogP contribution in [0.25, 0.3) is 0 Å². The average molecular weight is 395 g/mol. The van der Waals surface area contributed by atoms with E-state index in [-0.39, 0.29) is 12.5 Å². The van der Waals surface area contributed by atoms with Gasteiger partial charge in [-0.2, -0.15) is 0 Å². The lowest BCUT2D eigenvalue weighted by atomic mass is 10.0. The Morgan fingerprint density at radius 2 is 1.71 bits per heavy atom. The van der Waals surface area contributed by atoms with E-state index in [9.17, 15) is 20.1 Å². The third kappa shape index (κ3) is 10.6. The van der Waals surface area contributed by atoms with Crippen molar-refractivity contribution in [2.24, 2.45) is 0 Å². The van der Waals surface area contributed by atoms with E-state index in [0.29, 0.717) is 25.7 Å². The van der Waals surface area contributed by atoms with Crippen molar-refractivity contribution >= 4 is 5.97 Å². The third-order valence-corrected chi connectivity index (χ3v) is 4.52. The number of aliphatic hydroxyl groups excluding tert-OH is 3. The first-order valence-corrected chi connectivity index (χ1v) is 9.98. The molecule has 1 aliphatic heterocycles. The fourth-order valence-corrected chi connectivity index (χ4v) is 2.79.